The minimum atomic E-state index is 0.585. The summed E-state index contributed by atoms with van der Waals surface area (Å²) in [5, 5.41) is 17.0. The van der Waals surface area contributed by atoms with Crippen molar-refractivity contribution in [3.63, 3.8) is 0 Å². The van der Waals surface area contributed by atoms with Gasteiger partial charge in [-0.15, -0.1) is 10.2 Å². The van der Waals surface area contributed by atoms with E-state index in [4.69, 9.17) is 9.47 Å². The second kappa shape index (κ2) is 9.62. The molecule has 0 fully saturated rings. The fourth-order valence-electron chi connectivity index (χ4n) is 1.38. The highest BCUT2D eigenvalue weighted by atomic mass is 32.2. The van der Waals surface area contributed by atoms with Gasteiger partial charge in [-0.3, -0.25) is 0 Å². The van der Waals surface area contributed by atoms with E-state index < -0.39 is 0 Å². The molecule has 22 heavy (non-hydrogen) atoms. The fraction of sp³-hybridized carbons (Fsp3) is 0.500. The van der Waals surface area contributed by atoms with Crippen molar-refractivity contribution in [1.82, 2.24) is 30.4 Å². The van der Waals surface area contributed by atoms with Gasteiger partial charge in [0.25, 0.3) is 0 Å². The van der Waals surface area contributed by atoms with Crippen LogP contribution < -0.4 is 0 Å². The molecule has 0 saturated carbocycles. The van der Waals surface area contributed by atoms with Gasteiger partial charge in [0.05, 0.1) is 25.6 Å². The van der Waals surface area contributed by atoms with E-state index in [-0.39, 0.29) is 0 Å². The molecule has 2 heterocycles. The van der Waals surface area contributed by atoms with Gasteiger partial charge in [0.1, 0.15) is 11.4 Å². The fourth-order valence-corrected chi connectivity index (χ4v) is 2.78. The first-order valence-electron chi connectivity index (χ1n) is 6.46. The standard InChI is InChI=1S/C12H16N6O2S2/c1-19-3-5-21-11-15-9(7-13-17-11)10-8-14-18-12(16-10)22-6-4-20-2/h7-8H,3-6H2,1-2H3. The van der Waals surface area contributed by atoms with Crippen molar-refractivity contribution in [2.45, 2.75) is 10.3 Å². The van der Waals surface area contributed by atoms with Gasteiger partial charge in [0.15, 0.2) is 0 Å². The molecule has 2 rings (SSSR count). The number of hydrogen-bond acceptors (Lipinski definition) is 10. The van der Waals surface area contributed by atoms with E-state index in [9.17, 15) is 0 Å². The first kappa shape index (κ1) is 17.0. The predicted molar refractivity (Wildman–Crippen MR) is 83.8 cm³/mol. The number of thioether (sulfide) groups is 2. The molecule has 0 aliphatic heterocycles. The maximum Gasteiger partial charge on any atom is 0.209 e. The zero-order chi connectivity index (χ0) is 15.6. The summed E-state index contributed by atoms with van der Waals surface area (Å²) in [6, 6.07) is 0. The lowest BCUT2D eigenvalue weighted by Crippen LogP contribution is -2.00. The summed E-state index contributed by atoms with van der Waals surface area (Å²) in [5.41, 5.74) is 1.25. The SMILES string of the molecule is COCCSc1nncc(-c2cnnc(SCCOC)n2)n1. The van der Waals surface area contributed by atoms with Gasteiger partial charge in [0.2, 0.25) is 10.3 Å². The lowest BCUT2D eigenvalue weighted by atomic mass is 10.3. The van der Waals surface area contributed by atoms with Crippen LogP contribution in [-0.2, 0) is 9.47 Å². The van der Waals surface area contributed by atoms with E-state index in [0.29, 0.717) is 34.9 Å². The third-order valence-corrected chi connectivity index (χ3v) is 3.98. The van der Waals surface area contributed by atoms with Crippen molar-refractivity contribution in [3.8, 4) is 11.4 Å². The molecule has 0 radical (unpaired) electrons. The first-order chi connectivity index (χ1) is 10.8. The molecule has 2 aromatic rings. The summed E-state index contributed by atoms with van der Waals surface area (Å²) in [6.45, 7) is 1.27. The summed E-state index contributed by atoms with van der Waals surface area (Å²) in [4.78, 5) is 8.84. The van der Waals surface area contributed by atoms with Gasteiger partial charge < -0.3 is 9.47 Å². The van der Waals surface area contributed by atoms with Crippen LogP contribution in [0.4, 0.5) is 0 Å². The smallest absolute Gasteiger partial charge is 0.209 e. The van der Waals surface area contributed by atoms with Gasteiger partial charge in [-0.25, -0.2) is 9.97 Å². The van der Waals surface area contributed by atoms with Crippen LogP contribution in [0.2, 0.25) is 0 Å². The van der Waals surface area contributed by atoms with Crippen LogP contribution in [0.5, 0.6) is 0 Å². The second-order valence-electron chi connectivity index (χ2n) is 3.93. The number of nitrogens with zero attached hydrogens (tertiary/aromatic N) is 6. The van der Waals surface area contributed by atoms with E-state index in [1.54, 1.807) is 26.6 Å². The molecule has 0 N–H and O–H groups in total. The average Bonchev–Trinajstić information content (AvgIpc) is 2.56. The zero-order valence-corrected chi connectivity index (χ0v) is 13.9. The molecule has 0 unspecified atom stereocenters. The maximum atomic E-state index is 5.00. The Morgan fingerprint density at radius 2 is 1.27 bits per heavy atom. The van der Waals surface area contributed by atoms with E-state index in [1.807, 2.05) is 0 Å². The van der Waals surface area contributed by atoms with Crippen molar-refractivity contribution in [2.24, 2.45) is 0 Å². The highest BCUT2D eigenvalue weighted by Gasteiger charge is 2.08. The summed E-state index contributed by atoms with van der Waals surface area (Å²) >= 11 is 2.96. The van der Waals surface area contributed by atoms with Gasteiger partial charge in [-0.05, 0) is 0 Å². The third-order valence-electron chi connectivity index (χ3n) is 2.38. The molecule has 0 spiro atoms. The molecule has 0 aromatic carbocycles. The minimum Gasteiger partial charge on any atom is -0.384 e. The maximum absolute atomic E-state index is 5.00. The first-order valence-corrected chi connectivity index (χ1v) is 8.44. The topological polar surface area (TPSA) is 95.8 Å². The molecule has 0 aliphatic carbocycles. The van der Waals surface area contributed by atoms with Crippen molar-refractivity contribution in [1.29, 1.82) is 0 Å². The Kier molecular flexibility index (Phi) is 7.43. The molecule has 0 bridgehead atoms. The monoisotopic (exact) mass is 340 g/mol. The Morgan fingerprint density at radius 3 is 1.68 bits per heavy atom. The van der Waals surface area contributed by atoms with Crippen molar-refractivity contribution in [3.05, 3.63) is 12.4 Å². The predicted octanol–water partition coefficient (Wildman–Crippen LogP) is 1.20. The van der Waals surface area contributed by atoms with E-state index in [0.717, 1.165) is 11.5 Å². The quantitative estimate of drug-likeness (QED) is 0.489. The number of ether oxygens (including phenoxy) is 2. The molecule has 8 nitrogen and oxygen atoms in total. The molecular weight excluding hydrogens is 324 g/mol. The number of rotatable bonds is 9. The lowest BCUT2D eigenvalue weighted by Gasteiger charge is -2.03. The van der Waals surface area contributed by atoms with Crippen molar-refractivity contribution < 1.29 is 9.47 Å². The van der Waals surface area contributed by atoms with Crippen LogP contribution in [-0.4, -0.2) is 69.3 Å². The van der Waals surface area contributed by atoms with E-state index in [1.165, 1.54) is 23.5 Å². The highest BCUT2D eigenvalue weighted by molar-refractivity contribution is 7.99. The van der Waals surface area contributed by atoms with E-state index >= 15 is 0 Å². The Hall–Kier alpha value is -1.36. The summed E-state index contributed by atoms with van der Waals surface area (Å²) in [6.07, 6.45) is 3.13. The van der Waals surface area contributed by atoms with Crippen molar-refractivity contribution >= 4 is 23.5 Å². The molecule has 0 aliphatic rings. The largest absolute Gasteiger partial charge is 0.384 e. The number of hydrogen-bond donors (Lipinski definition) is 0. The Labute approximate surface area is 136 Å². The Bertz CT molecular complexity index is 538. The molecule has 2 aromatic heterocycles. The van der Waals surface area contributed by atoms with Crippen LogP contribution in [0.15, 0.2) is 22.7 Å². The Balaban J connectivity index is 2.07. The van der Waals surface area contributed by atoms with Gasteiger partial charge >= 0.3 is 0 Å². The molecule has 0 saturated heterocycles. The van der Waals surface area contributed by atoms with Gasteiger partial charge in [-0.1, -0.05) is 23.5 Å². The third kappa shape index (κ3) is 5.44. The normalized spacial score (nSPS) is 10.8. The number of methoxy groups -OCH3 is 2. The zero-order valence-electron chi connectivity index (χ0n) is 12.3. The summed E-state index contributed by atoms with van der Waals surface area (Å²) in [5.74, 6) is 1.53. The van der Waals surface area contributed by atoms with Gasteiger partial charge in [0, 0.05) is 25.7 Å². The molecular formula is C12H16N6O2S2. The van der Waals surface area contributed by atoms with Gasteiger partial charge in [-0.2, -0.15) is 10.2 Å². The van der Waals surface area contributed by atoms with Crippen LogP contribution in [0.3, 0.4) is 0 Å². The highest BCUT2D eigenvalue weighted by Crippen LogP contribution is 2.19. The van der Waals surface area contributed by atoms with Crippen LogP contribution in [0.1, 0.15) is 0 Å². The lowest BCUT2D eigenvalue weighted by molar-refractivity contribution is 0.218. The molecule has 0 atom stereocenters. The summed E-state index contributed by atoms with van der Waals surface area (Å²) in [7, 11) is 3.32. The number of aromatic nitrogens is 6. The Morgan fingerprint density at radius 1 is 0.818 bits per heavy atom. The van der Waals surface area contributed by atoms with Crippen molar-refractivity contribution in [2.75, 3.05) is 38.9 Å². The second-order valence-corrected chi connectivity index (χ2v) is 6.06. The molecule has 0 amide bonds. The van der Waals surface area contributed by atoms with Crippen LogP contribution in [0.25, 0.3) is 11.4 Å². The molecule has 118 valence electrons. The minimum absolute atomic E-state index is 0.585. The molecule has 10 heteroatoms. The van der Waals surface area contributed by atoms with Crippen LogP contribution in [0, 0.1) is 0 Å². The van der Waals surface area contributed by atoms with E-state index in [2.05, 4.69) is 30.4 Å². The van der Waals surface area contributed by atoms with Crippen LogP contribution >= 0.6 is 23.5 Å². The average molecular weight is 340 g/mol. The summed E-state index contributed by atoms with van der Waals surface area (Å²) < 4.78 is 10.0.